The van der Waals surface area contributed by atoms with Crippen LogP contribution in [0.3, 0.4) is 0 Å². The molecule has 0 atom stereocenters. The topological polar surface area (TPSA) is 68.5 Å². The number of aryl methyl sites for hydroxylation is 1. The van der Waals surface area contributed by atoms with Crippen LogP contribution >= 0.6 is 31.9 Å². The third kappa shape index (κ3) is 4.13. The summed E-state index contributed by atoms with van der Waals surface area (Å²) in [7, 11) is 0. The van der Waals surface area contributed by atoms with Crippen LogP contribution in [0.4, 0.5) is 0 Å². The fraction of sp³-hybridized carbons (Fsp3) is 0.167. The minimum atomic E-state index is -0.352. The third-order valence-corrected chi connectivity index (χ3v) is 4.93. The first kappa shape index (κ1) is 18.6. The van der Waals surface area contributed by atoms with Crippen molar-refractivity contribution in [1.29, 1.82) is 0 Å². The highest BCUT2D eigenvalue weighted by Gasteiger charge is 2.13. The molecular formula is C18H16Br2N4O2. The first-order valence-electron chi connectivity index (χ1n) is 7.92. The molecule has 0 fully saturated rings. The molecule has 1 aromatic carbocycles. The molecule has 3 rings (SSSR count). The highest BCUT2D eigenvalue weighted by molar-refractivity contribution is 9.11. The van der Waals surface area contributed by atoms with Crippen molar-refractivity contribution in [2.24, 2.45) is 5.10 Å². The van der Waals surface area contributed by atoms with Gasteiger partial charge in [0.15, 0.2) is 12.4 Å². The zero-order chi connectivity index (χ0) is 18.5. The van der Waals surface area contributed by atoms with Crippen LogP contribution < -0.4 is 10.2 Å². The normalized spacial score (nSPS) is 11.2. The van der Waals surface area contributed by atoms with E-state index in [9.17, 15) is 4.79 Å². The van der Waals surface area contributed by atoms with E-state index in [0.29, 0.717) is 15.7 Å². The molecule has 26 heavy (non-hydrogen) atoms. The number of aromatic nitrogens is 2. The van der Waals surface area contributed by atoms with Crippen molar-refractivity contribution in [3.8, 4) is 5.75 Å². The first-order valence-corrected chi connectivity index (χ1v) is 9.51. The van der Waals surface area contributed by atoms with Gasteiger partial charge in [0.05, 0.1) is 16.4 Å². The highest BCUT2D eigenvalue weighted by atomic mass is 79.9. The summed E-state index contributed by atoms with van der Waals surface area (Å²) in [6.45, 7) is 2.71. The number of nitrogens with zero attached hydrogens (tertiary/aromatic N) is 3. The number of hydrogen-bond donors (Lipinski definition) is 1. The molecule has 2 heterocycles. The van der Waals surface area contributed by atoms with Crippen molar-refractivity contribution in [2.45, 2.75) is 13.5 Å². The molecule has 8 heteroatoms. The minimum Gasteiger partial charge on any atom is -0.480 e. The maximum atomic E-state index is 12.0. The Balaban J connectivity index is 1.66. The van der Waals surface area contributed by atoms with Gasteiger partial charge < -0.3 is 9.30 Å². The lowest BCUT2D eigenvalue weighted by Crippen LogP contribution is -2.25. The number of carbonyl (C=O) groups is 1. The predicted molar refractivity (Wildman–Crippen MR) is 108 cm³/mol. The summed E-state index contributed by atoms with van der Waals surface area (Å²) in [6, 6.07) is 9.50. The molecule has 134 valence electrons. The van der Waals surface area contributed by atoms with Gasteiger partial charge in [0.25, 0.3) is 5.91 Å². The summed E-state index contributed by atoms with van der Waals surface area (Å²) in [5.74, 6) is 0.164. The minimum absolute atomic E-state index is 0.169. The SMILES string of the molecule is CCn1cccc1/C=N/NC(=O)COc1c(Br)cc(Br)c2cccnc12. The van der Waals surface area contributed by atoms with Gasteiger partial charge in [-0.3, -0.25) is 9.78 Å². The summed E-state index contributed by atoms with van der Waals surface area (Å²) < 4.78 is 9.31. The van der Waals surface area contributed by atoms with Gasteiger partial charge in [-0.25, -0.2) is 5.43 Å². The molecule has 2 aromatic heterocycles. The van der Waals surface area contributed by atoms with Crippen LogP contribution in [0.25, 0.3) is 10.9 Å². The number of hydrazone groups is 1. The summed E-state index contributed by atoms with van der Waals surface area (Å²) in [6.07, 6.45) is 5.24. The summed E-state index contributed by atoms with van der Waals surface area (Å²) in [4.78, 5) is 16.4. The van der Waals surface area contributed by atoms with Crippen molar-refractivity contribution in [2.75, 3.05) is 6.61 Å². The van der Waals surface area contributed by atoms with Crippen LogP contribution in [-0.4, -0.2) is 28.3 Å². The maximum absolute atomic E-state index is 12.0. The van der Waals surface area contributed by atoms with E-state index in [2.05, 4.69) is 47.4 Å². The second-order valence-electron chi connectivity index (χ2n) is 5.37. The zero-order valence-electron chi connectivity index (χ0n) is 13.9. The number of benzene rings is 1. The van der Waals surface area contributed by atoms with Crippen molar-refractivity contribution in [3.63, 3.8) is 0 Å². The van der Waals surface area contributed by atoms with Gasteiger partial charge in [-0.2, -0.15) is 5.10 Å². The van der Waals surface area contributed by atoms with Crippen LogP contribution in [-0.2, 0) is 11.3 Å². The average Bonchev–Trinajstić information content (AvgIpc) is 3.09. The number of hydrogen-bond acceptors (Lipinski definition) is 4. The van der Waals surface area contributed by atoms with Crippen molar-refractivity contribution < 1.29 is 9.53 Å². The van der Waals surface area contributed by atoms with Gasteiger partial charge in [-0.1, -0.05) is 22.0 Å². The molecule has 0 aliphatic heterocycles. The van der Waals surface area contributed by atoms with E-state index >= 15 is 0 Å². The fourth-order valence-corrected chi connectivity index (χ4v) is 3.84. The smallest absolute Gasteiger partial charge is 0.277 e. The number of nitrogens with one attached hydrogen (secondary N) is 1. The van der Waals surface area contributed by atoms with Crippen LogP contribution in [0, 0.1) is 0 Å². The summed E-state index contributed by atoms with van der Waals surface area (Å²) in [5, 5.41) is 4.88. The number of carbonyl (C=O) groups excluding carboxylic acids is 1. The molecule has 0 spiro atoms. The van der Waals surface area contributed by atoms with E-state index in [0.717, 1.165) is 22.1 Å². The molecule has 0 saturated heterocycles. The molecular weight excluding hydrogens is 464 g/mol. The number of ether oxygens (including phenoxy) is 1. The third-order valence-electron chi connectivity index (χ3n) is 3.69. The first-order chi connectivity index (χ1) is 12.6. The predicted octanol–water partition coefficient (Wildman–Crippen LogP) is 4.11. The number of pyridine rings is 1. The lowest BCUT2D eigenvalue weighted by Gasteiger charge is -2.11. The molecule has 3 aromatic rings. The standard InChI is InChI=1S/C18H16Br2N4O2/c1-2-24-8-4-5-12(24)10-22-23-16(25)11-26-18-15(20)9-14(19)13-6-3-7-21-17(13)18/h3-10H,2,11H2,1H3,(H,23,25)/b22-10+. The number of halogens is 2. The average molecular weight is 480 g/mol. The highest BCUT2D eigenvalue weighted by Crippen LogP contribution is 2.37. The molecule has 0 unspecified atom stereocenters. The molecule has 1 amide bonds. The Morgan fingerprint density at radius 2 is 2.19 bits per heavy atom. The van der Waals surface area contributed by atoms with Crippen molar-refractivity contribution in [3.05, 3.63) is 57.4 Å². The molecule has 6 nitrogen and oxygen atoms in total. The molecule has 0 aliphatic carbocycles. The van der Waals surface area contributed by atoms with E-state index in [1.54, 1.807) is 12.4 Å². The summed E-state index contributed by atoms with van der Waals surface area (Å²) >= 11 is 6.95. The van der Waals surface area contributed by atoms with E-state index in [1.807, 2.05) is 48.0 Å². The van der Waals surface area contributed by atoms with Gasteiger partial charge in [-0.15, -0.1) is 0 Å². The Hall–Kier alpha value is -2.19. The van der Waals surface area contributed by atoms with Gasteiger partial charge in [-0.05, 0) is 47.1 Å². The largest absolute Gasteiger partial charge is 0.480 e. The number of amides is 1. The van der Waals surface area contributed by atoms with E-state index in [1.165, 1.54) is 0 Å². The van der Waals surface area contributed by atoms with Crippen LogP contribution in [0.5, 0.6) is 5.75 Å². The van der Waals surface area contributed by atoms with E-state index < -0.39 is 0 Å². The lowest BCUT2D eigenvalue weighted by atomic mass is 10.2. The second-order valence-corrected chi connectivity index (χ2v) is 7.08. The van der Waals surface area contributed by atoms with Gasteiger partial charge in [0, 0.05) is 28.8 Å². The lowest BCUT2D eigenvalue weighted by molar-refractivity contribution is -0.123. The molecule has 0 saturated carbocycles. The number of fused-ring (bicyclic) bond motifs is 1. The Bertz CT molecular complexity index is 969. The second kappa shape index (κ2) is 8.46. The monoisotopic (exact) mass is 478 g/mol. The Kier molecular flexibility index (Phi) is 6.05. The van der Waals surface area contributed by atoms with Gasteiger partial charge >= 0.3 is 0 Å². The Morgan fingerprint density at radius 3 is 3.00 bits per heavy atom. The van der Waals surface area contributed by atoms with Crippen LogP contribution in [0.2, 0.25) is 0 Å². The fourth-order valence-electron chi connectivity index (χ4n) is 2.46. The van der Waals surface area contributed by atoms with Crippen LogP contribution in [0.1, 0.15) is 12.6 Å². The quantitative estimate of drug-likeness (QED) is 0.427. The van der Waals surface area contributed by atoms with E-state index in [4.69, 9.17) is 4.74 Å². The molecule has 0 bridgehead atoms. The Morgan fingerprint density at radius 1 is 1.35 bits per heavy atom. The number of rotatable bonds is 6. The molecule has 0 radical (unpaired) electrons. The zero-order valence-corrected chi connectivity index (χ0v) is 17.1. The Labute approximate surface area is 167 Å². The van der Waals surface area contributed by atoms with Crippen molar-refractivity contribution >= 4 is 54.9 Å². The molecule has 1 N–H and O–H groups in total. The van der Waals surface area contributed by atoms with Gasteiger partial charge in [0.1, 0.15) is 5.52 Å². The summed E-state index contributed by atoms with van der Waals surface area (Å²) in [5.41, 5.74) is 4.06. The molecule has 0 aliphatic rings. The maximum Gasteiger partial charge on any atom is 0.277 e. The van der Waals surface area contributed by atoms with E-state index in [-0.39, 0.29) is 12.5 Å². The van der Waals surface area contributed by atoms with Gasteiger partial charge in [0.2, 0.25) is 0 Å². The van der Waals surface area contributed by atoms with Crippen LogP contribution in [0.15, 0.2) is 56.8 Å². The van der Waals surface area contributed by atoms with Crippen molar-refractivity contribution in [1.82, 2.24) is 15.0 Å².